The molecule has 1 aromatic heterocycles. The number of methoxy groups -OCH3 is 1. The third-order valence-electron chi connectivity index (χ3n) is 2.22. The fourth-order valence-electron chi connectivity index (χ4n) is 1.42. The van der Waals surface area contributed by atoms with Crippen LogP contribution in [0.25, 0.3) is 11.1 Å². The molecule has 1 heterocycles. The van der Waals surface area contributed by atoms with Crippen LogP contribution in [-0.4, -0.2) is 17.2 Å². The van der Waals surface area contributed by atoms with Crippen molar-refractivity contribution < 1.29 is 9.84 Å². The maximum atomic E-state index is 9.72. The molecule has 0 radical (unpaired) electrons. The average molecular weight is 236 g/mol. The van der Waals surface area contributed by atoms with E-state index in [2.05, 4.69) is 4.98 Å². The van der Waals surface area contributed by atoms with Gasteiger partial charge < -0.3 is 9.84 Å². The first-order chi connectivity index (χ1) is 7.70. The molecule has 0 atom stereocenters. The summed E-state index contributed by atoms with van der Waals surface area (Å²) in [5.41, 5.74) is 1.40. The summed E-state index contributed by atoms with van der Waals surface area (Å²) >= 11 is 5.88. The van der Waals surface area contributed by atoms with Crippen LogP contribution in [0.4, 0.5) is 0 Å². The van der Waals surface area contributed by atoms with E-state index in [9.17, 15) is 5.11 Å². The predicted molar refractivity (Wildman–Crippen MR) is 62.9 cm³/mol. The summed E-state index contributed by atoms with van der Waals surface area (Å²) in [6.45, 7) is 0. The summed E-state index contributed by atoms with van der Waals surface area (Å²) in [5, 5.41) is 10.3. The van der Waals surface area contributed by atoms with Gasteiger partial charge in [0.15, 0.2) is 0 Å². The van der Waals surface area contributed by atoms with Crippen molar-refractivity contribution in [1.82, 2.24) is 4.98 Å². The quantitative estimate of drug-likeness (QED) is 0.870. The lowest BCUT2D eigenvalue weighted by Gasteiger charge is -2.06. The first-order valence-electron chi connectivity index (χ1n) is 4.68. The van der Waals surface area contributed by atoms with Crippen molar-refractivity contribution in [3.05, 3.63) is 41.7 Å². The van der Waals surface area contributed by atoms with Gasteiger partial charge in [0.1, 0.15) is 11.5 Å². The fraction of sp³-hybridized carbons (Fsp3) is 0.0833. The van der Waals surface area contributed by atoms with E-state index in [4.69, 9.17) is 16.3 Å². The Morgan fingerprint density at radius 1 is 1.25 bits per heavy atom. The number of hydrogen-bond acceptors (Lipinski definition) is 3. The molecule has 2 rings (SSSR count). The molecular formula is C12H10ClNO2. The van der Waals surface area contributed by atoms with Gasteiger partial charge in [0.25, 0.3) is 0 Å². The molecule has 0 saturated heterocycles. The average Bonchev–Trinajstić information content (AvgIpc) is 2.32. The molecule has 0 aliphatic carbocycles. The van der Waals surface area contributed by atoms with Gasteiger partial charge in [0.2, 0.25) is 0 Å². The molecule has 3 nitrogen and oxygen atoms in total. The standard InChI is InChI=1S/C12H10ClNO2/c1-16-10-4-8(6-14-7-10)11-5-9(13)2-3-12(11)15/h2-7,15H,1H3. The third-order valence-corrected chi connectivity index (χ3v) is 2.45. The van der Waals surface area contributed by atoms with Gasteiger partial charge in [-0.25, -0.2) is 0 Å². The Bertz CT molecular complexity index is 514. The Kier molecular flexibility index (Phi) is 2.97. The van der Waals surface area contributed by atoms with Crippen LogP contribution in [0, 0.1) is 0 Å². The number of halogens is 1. The molecule has 1 N–H and O–H groups in total. The predicted octanol–water partition coefficient (Wildman–Crippen LogP) is 3.12. The van der Waals surface area contributed by atoms with Crippen molar-refractivity contribution in [1.29, 1.82) is 0 Å². The van der Waals surface area contributed by atoms with E-state index in [-0.39, 0.29) is 5.75 Å². The van der Waals surface area contributed by atoms with Gasteiger partial charge in [-0.3, -0.25) is 4.98 Å². The number of nitrogens with zero attached hydrogens (tertiary/aromatic N) is 1. The summed E-state index contributed by atoms with van der Waals surface area (Å²) < 4.78 is 5.07. The van der Waals surface area contributed by atoms with Crippen molar-refractivity contribution in [3.63, 3.8) is 0 Å². The first-order valence-corrected chi connectivity index (χ1v) is 5.06. The maximum absolute atomic E-state index is 9.72. The SMILES string of the molecule is COc1cncc(-c2cc(Cl)ccc2O)c1. The van der Waals surface area contributed by atoms with Crippen LogP contribution < -0.4 is 4.74 Å². The van der Waals surface area contributed by atoms with Gasteiger partial charge in [-0.05, 0) is 24.3 Å². The molecule has 0 bridgehead atoms. The molecule has 0 saturated carbocycles. The number of phenols is 1. The first kappa shape index (κ1) is 10.8. The van der Waals surface area contributed by atoms with Crippen molar-refractivity contribution >= 4 is 11.6 Å². The molecule has 1 aromatic carbocycles. The van der Waals surface area contributed by atoms with Gasteiger partial charge in [0, 0.05) is 22.3 Å². The molecule has 0 unspecified atom stereocenters. The van der Waals surface area contributed by atoms with Crippen LogP contribution in [0.3, 0.4) is 0 Å². The van der Waals surface area contributed by atoms with Crippen molar-refractivity contribution in [2.75, 3.05) is 7.11 Å². The van der Waals surface area contributed by atoms with Crippen LogP contribution >= 0.6 is 11.6 Å². The van der Waals surface area contributed by atoms with E-state index >= 15 is 0 Å². The number of aromatic hydroxyl groups is 1. The molecular weight excluding hydrogens is 226 g/mol. The molecule has 2 aromatic rings. The van der Waals surface area contributed by atoms with Crippen LogP contribution in [0.2, 0.25) is 5.02 Å². The Balaban J connectivity index is 2.53. The maximum Gasteiger partial charge on any atom is 0.137 e. The van der Waals surface area contributed by atoms with E-state index < -0.39 is 0 Å². The zero-order chi connectivity index (χ0) is 11.5. The van der Waals surface area contributed by atoms with Crippen LogP contribution in [0.1, 0.15) is 0 Å². The summed E-state index contributed by atoms with van der Waals surface area (Å²) in [6, 6.07) is 6.66. The molecule has 0 amide bonds. The van der Waals surface area contributed by atoms with Gasteiger partial charge in [-0.15, -0.1) is 0 Å². The summed E-state index contributed by atoms with van der Waals surface area (Å²) in [4.78, 5) is 4.02. The number of pyridine rings is 1. The Morgan fingerprint density at radius 3 is 2.81 bits per heavy atom. The lowest BCUT2D eigenvalue weighted by atomic mass is 10.1. The van der Waals surface area contributed by atoms with Crippen LogP contribution in [0.5, 0.6) is 11.5 Å². The van der Waals surface area contributed by atoms with Gasteiger partial charge in [-0.2, -0.15) is 0 Å². The topological polar surface area (TPSA) is 42.4 Å². The molecule has 16 heavy (non-hydrogen) atoms. The minimum Gasteiger partial charge on any atom is -0.507 e. The summed E-state index contributed by atoms with van der Waals surface area (Å²) in [7, 11) is 1.57. The summed E-state index contributed by atoms with van der Waals surface area (Å²) in [5.74, 6) is 0.802. The Hall–Kier alpha value is -1.74. The molecule has 0 spiro atoms. The van der Waals surface area contributed by atoms with Gasteiger partial charge in [-0.1, -0.05) is 11.6 Å². The van der Waals surface area contributed by atoms with E-state index in [1.807, 2.05) is 0 Å². The zero-order valence-corrected chi connectivity index (χ0v) is 9.40. The van der Waals surface area contributed by atoms with E-state index in [1.165, 1.54) is 0 Å². The van der Waals surface area contributed by atoms with E-state index in [1.54, 1.807) is 43.8 Å². The second-order valence-corrected chi connectivity index (χ2v) is 3.71. The minimum absolute atomic E-state index is 0.166. The highest BCUT2D eigenvalue weighted by Gasteiger charge is 2.06. The number of ether oxygens (including phenoxy) is 1. The van der Waals surface area contributed by atoms with Gasteiger partial charge >= 0.3 is 0 Å². The number of aromatic nitrogens is 1. The molecule has 82 valence electrons. The smallest absolute Gasteiger partial charge is 0.137 e. The highest BCUT2D eigenvalue weighted by atomic mass is 35.5. The second-order valence-electron chi connectivity index (χ2n) is 3.27. The van der Waals surface area contributed by atoms with E-state index in [0.717, 1.165) is 5.56 Å². The highest BCUT2D eigenvalue weighted by molar-refractivity contribution is 6.31. The molecule has 0 aliphatic heterocycles. The number of phenolic OH excluding ortho intramolecular Hbond substituents is 1. The lowest BCUT2D eigenvalue weighted by Crippen LogP contribution is -1.86. The Labute approximate surface area is 98.3 Å². The molecule has 0 aliphatic rings. The fourth-order valence-corrected chi connectivity index (χ4v) is 1.59. The normalized spacial score (nSPS) is 10.1. The van der Waals surface area contributed by atoms with Crippen molar-refractivity contribution in [2.45, 2.75) is 0 Å². The number of rotatable bonds is 2. The minimum atomic E-state index is 0.166. The van der Waals surface area contributed by atoms with Crippen LogP contribution in [0.15, 0.2) is 36.7 Å². The largest absolute Gasteiger partial charge is 0.507 e. The highest BCUT2D eigenvalue weighted by Crippen LogP contribution is 2.32. The zero-order valence-electron chi connectivity index (χ0n) is 8.64. The van der Waals surface area contributed by atoms with Crippen molar-refractivity contribution in [3.8, 4) is 22.6 Å². The second kappa shape index (κ2) is 4.41. The number of benzene rings is 1. The number of hydrogen-bond donors (Lipinski definition) is 1. The van der Waals surface area contributed by atoms with Crippen LogP contribution in [-0.2, 0) is 0 Å². The molecule has 0 fully saturated rings. The third kappa shape index (κ3) is 2.09. The van der Waals surface area contributed by atoms with Crippen molar-refractivity contribution in [2.24, 2.45) is 0 Å². The van der Waals surface area contributed by atoms with E-state index in [0.29, 0.717) is 16.3 Å². The summed E-state index contributed by atoms with van der Waals surface area (Å²) in [6.07, 6.45) is 3.25. The Morgan fingerprint density at radius 2 is 2.06 bits per heavy atom. The lowest BCUT2D eigenvalue weighted by molar-refractivity contribution is 0.413. The van der Waals surface area contributed by atoms with Gasteiger partial charge in [0.05, 0.1) is 13.3 Å². The molecule has 4 heteroatoms. The monoisotopic (exact) mass is 235 g/mol.